The first-order valence-electron chi connectivity index (χ1n) is 7.84. The highest BCUT2D eigenvalue weighted by molar-refractivity contribution is 7.99. The number of thioether (sulfide) groups is 1. The second kappa shape index (κ2) is 9.76. The molecule has 1 aromatic heterocycles. The highest BCUT2D eigenvalue weighted by Gasteiger charge is 2.21. The molecule has 2 atom stereocenters. The van der Waals surface area contributed by atoms with Crippen LogP contribution >= 0.6 is 11.8 Å². The average molecular weight is 362 g/mol. The van der Waals surface area contributed by atoms with Crippen molar-refractivity contribution in [1.29, 1.82) is 0 Å². The van der Waals surface area contributed by atoms with Gasteiger partial charge >= 0.3 is 5.97 Å². The summed E-state index contributed by atoms with van der Waals surface area (Å²) in [5, 5.41) is 0.471. The van der Waals surface area contributed by atoms with Crippen LogP contribution in [0.15, 0.2) is 16.1 Å². The first-order valence-corrected chi connectivity index (χ1v) is 8.82. The van der Waals surface area contributed by atoms with Crippen LogP contribution < -0.4 is 5.56 Å². The number of ether oxygens (including phenoxy) is 1. The third-order valence-corrected chi connectivity index (χ3v) is 4.50. The third-order valence-electron chi connectivity index (χ3n) is 3.42. The molecular formula is C16H24F2N2O3S. The van der Waals surface area contributed by atoms with Gasteiger partial charge in [0.05, 0.1) is 12.5 Å². The van der Waals surface area contributed by atoms with E-state index in [1.165, 1.54) is 22.5 Å². The predicted molar refractivity (Wildman–Crippen MR) is 89.8 cm³/mol. The summed E-state index contributed by atoms with van der Waals surface area (Å²) in [6.07, 6.45) is -2.02. The molecule has 1 aromatic rings. The fourth-order valence-electron chi connectivity index (χ4n) is 1.84. The zero-order chi connectivity index (χ0) is 18.3. The number of aryl methyl sites for hydroxylation is 1. The Bertz CT molecular complexity index is 607. The number of hydrogen-bond donors (Lipinski definition) is 0. The van der Waals surface area contributed by atoms with E-state index in [9.17, 15) is 18.4 Å². The molecule has 0 fully saturated rings. The minimum atomic E-state index is -1.68. The van der Waals surface area contributed by atoms with E-state index in [2.05, 4.69) is 4.98 Å². The maximum absolute atomic E-state index is 13.8. The Labute approximate surface area is 144 Å². The summed E-state index contributed by atoms with van der Waals surface area (Å²) in [7, 11) is 1.60. The van der Waals surface area contributed by atoms with Crippen LogP contribution in [0.3, 0.4) is 0 Å². The van der Waals surface area contributed by atoms with E-state index in [4.69, 9.17) is 4.74 Å². The Balaban J connectivity index is 2.35. The quantitative estimate of drug-likeness (QED) is 0.384. The van der Waals surface area contributed by atoms with Gasteiger partial charge in [-0.2, -0.15) is 0 Å². The normalized spacial score (nSPS) is 13.8. The van der Waals surface area contributed by atoms with Crippen molar-refractivity contribution in [2.45, 2.75) is 51.1 Å². The number of nitrogens with zero attached hydrogens (tertiary/aromatic N) is 2. The second-order valence-electron chi connectivity index (χ2n) is 5.87. The van der Waals surface area contributed by atoms with Crippen LogP contribution in [0.1, 0.15) is 32.3 Å². The number of carbonyl (C=O) groups is 1. The molecule has 0 amide bonds. The van der Waals surface area contributed by atoms with Crippen molar-refractivity contribution in [1.82, 2.24) is 9.55 Å². The molecule has 136 valence electrons. The van der Waals surface area contributed by atoms with E-state index in [1.54, 1.807) is 27.8 Å². The van der Waals surface area contributed by atoms with Gasteiger partial charge in [0.2, 0.25) is 0 Å². The van der Waals surface area contributed by atoms with Crippen LogP contribution in [0.2, 0.25) is 0 Å². The zero-order valence-electron chi connectivity index (χ0n) is 14.4. The lowest BCUT2D eigenvalue weighted by atomic mass is 10.1. The van der Waals surface area contributed by atoms with E-state index >= 15 is 0 Å². The highest BCUT2D eigenvalue weighted by Crippen LogP contribution is 2.19. The first kappa shape index (κ1) is 20.6. The van der Waals surface area contributed by atoms with E-state index in [0.717, 1.165) is 0 Å². The Hall–Kier alpha value is -1.44. The molecule has 24 heavy (non-hydrogen) atoms. The molecule has 0 saturated carbocycles. The molecule has 0 N–H and O–H groups in total. The minimum absolute atomic E-state index is 0.00624. The number of rotatable bonds is 9. The molecule has 0 aliphatic carbocycles. The molecule has 0 saturated heterocycles. The lowest BCUT2D eigenvalue weighted by Crippen LogP contribution is -2.23. The number of esters is 1. The fraction of sp³-hybridized carbons (Fsp3) is 0.688. The molecule has 0 aliphatic rings. The van der Waals surface area contributed by atoms with Gasteiger partial charge in [-0.05, 0) is 13.3 Å². The Morgan fingerprint density at radius 1 is 1.33 bits per heavy atom. The lowest BCUT2D eigenvalue weighted by molar-refractivity contribution is -0.147. The van der Waals surface area contributed by atoms with Gasteiger partial charge < -0.3 is 4.74 Å². The van der Waals surface area contributed by atoms with Crippen molar-refractivity contribution < 1.29 is 18.3 Å². The van der Waals surface area contributed by atoms with Gasteiger partial charge in [0.1, 0.15) is 12.3 Å². The lowest BCUT2D eigenvalue weighted by Gasteiger charge is -2.14. The van der Waals surface area contributed by atoms with Gasteiger partial charge in [-0.3, -0.25) is 14.2 Å². The molecule has 0 aliphatic heterocycles. The number of halogens is 2. The van der Waals surface area contributed by atoms with Crippen LogP contribution in [-0.4, -0.2) is 40.2 Å². The summed E-state index contributed by atoms with van der Waals surface area (Å²) in [5.41, 5.74) is 0.379. The zero-order valence-corrected chi connectivity index (χ0v) is 15.2. The van der Waals surface area contributed by atoms with E-state index in [-0.39, 0.29) is 30.9 Å². The van der Waals surface area contributed by atoms with Crippen LogP contribution in [0.4, 0.5) is 8.78 Å². The van der Waals surface area contributed by atoms with Crippen LogP contribution in [-0.2, 0) is 16.6 Å². The van der Waals surface area contributed by atoms with E-state index in [1.807, 2.05) is 0 Å². The SMILES string of the molecule is Cc1cnc(SCCC(F)C(F)CCOC(=O)C(C)C)n(C)c1=O. The van der Waals surface area contributed by atoms with Crippen LogP contribution in [0.25, 0.3) is 0 Å². The number of carbonyl (C=O) groups excluding carboxylic acids is 1. The monoisotopic (exact) mass is 362 g/mol. The van der Waals surface area contributed by atoms with E-state index in [0.29, 0.717) is 16.5 Å². The largest absolute Gasteiger partial charge is 0.465 e. The third kappa shape index (κ3) is 6.22. The van der Waals surface area contributed by atoms with Crippen molar-refractivity contribution in [3.63, 3.8) is 0 Å². The van der Waals surface area contributed by atoms with Gasteiger partial charge in [-0.25, -0.2) is 13.8 Å². The van der Waals surface area contributed by atoms with Gasteiger partial charge in [-0.15, -0.1) is 0 Å². The molecule has 8 heteroatoms. The van der Waals surface area contributed by atoms with Crippen molar-refractivity contribution in [2.75, 3.05) is 12.4 Å². The van der Waals surface area contributed by atoms with E-state index < -0.39 is 18.3 Å². The summed E-state index contributed by atoms with van der Waals surface area (Å²) in [5.74, 6) is -0.398. The van der Waals surface area contributed by atoms with Crippen molar-refractivity contribution in [3.05, 3.63) is 22.1 Å². The summed E-state index contributed by atoms with van der Waals surface area (Å²) >= 11 is 1.21. The summed E-state index contributed by atoms with van der Waals surface area (Å²) in [6, 6.07) is 0. The molecule has 0 radical (unpaired) electrons. The topological polar surface area (TPSA) is 61.2 Å². The number of aromatic nitrogens is 2. The van der Waals surface area contributed by atoms with Gasteiger partial charge in [0, 0.05) is 31.0 Å². The maximum atomic E-state index is 13.8. The summed E-state index contributed by atoms with van der Waals surface area (Å²) < 4.78 is 33.8. The van der Waals surface area contributed by atoms with Gasteiger partial charge in [0.15, 0.2) is 5.16 Å². The van der Waals surface area contributed by atoms with Crippen LogP contribution in [0, 0.1) is 12.8 Å². The van der Waals surface area contributed by atoms with Crippen molar-refractivity contribution in [3.8, 4) is 0 Å². The molecule has 0 spiro atoms. The molecule has 1 heterocycles. The predicted octanol–water partition coefficient (Wildman–Crippen LogP) is 2.84. The Kier molecular flexibility index (Phi) is 8.38. The number of alkyl halides is 2. The molecule has 0 aromatic carbocycles. The molecule has 1 rings (SSSR count). The summed E-state index contributed by atoms with van der Waals surface area (Å²) in [6.45, 7) is 4.90. The number of hydrogen-bond acceptors (Lipinski definition) is 5. The minimum Gasteiger partial charge on any atom is -0.465 e. The van der Waals surface area contributed by atoms with Crippen molar-refractivity contribution >= 4 is 17.7 Å². The fourth-order valence-corrected chi connectivity index (χ4v) is 2.77. The average Bonchev–Trinajstić information content (AvgIpc) is 2.54. The molecule has 0 bridgehead atoms. The maximum Gasteiger partial charge on any atom is 0.308 e. The van der Waals surface area contributed by atoms with Gasteiger partial charge in [0.25, 0.3) is 5.56 Å². The van der Waals surface area contributed by atoms with Gasteiger partial charge in [-0.1, -0.05) is 25.6 Å². The van der Waals surface area contributed by atoms with Crippen LogP contribution in [0.5, 0.6) is 0 Å². The second-order valence-corrected chi connectivity index (χ2v) is 6.93. The molecule has 5 nitrogen and oxygen atoms in total. The van der Waals surface area contributed by atoms with Crippen molar-refractivity contribution in [2.24, 2.45) is 13.0 Å². The standard InChI is InChI=1S/C16H24F2N2O3S/c1-10(2)15(22)23-7-5-12(17)13(18)6-8-24-16-19-9-11(3)14(21)20(16)4/h9-10,12-13H,5-8H2,1-4H3. The summed E-state index contributed by atoms with van der Waals surface area (Å²) in [4.78, 5) is 27.1. The molecular weight excluding hydrogens is 338 g/mol. The Morgan fingerprint density at radius 3 is 2.58 bits per heavy atom. The molecule has 2 unspecified atom stereocenters. The smallest absolute Gasteiger partial charge is 0.308 e. The highest BCUT2D eigenvalue weighted by atomic mass is 32.2. The first-order chi connectivity index (χ1) is 11.2. The Morgan fingerprint density at radius 2 is 1.96 bits per heavy atom.